The predicted molar refractivity (Wildman–Crippen MR) is 76.8 cm³/mol. The second-order valence-electron chi connectivity index (χ2n) is 5.89. The molecule has 0 radical (unpaired) electrons. The second kappa shape index (κ2) is 6.93. The third kappa shape index (κ3) is 6.22. The topological polar surface area (TPSA) is 81.4 Å². The maximum absolute atomic E-state index is 12.1. The third-order valence-electron chi connectivity index (χ3n) is 2.66. The number of ether oxygens (including phenoxy) is 1. The van der Waals surface area contributed by atoms with Gasteiger partial charge in [-0.1, -0.05) is 51.1 Å². The molecule has 3 N–H and O–H groups in total. The molecule has 5 heteroatoms. The van der Waals surface area contributed by atoms with Crippen LogP contribution in [0.5, 0.6) is 0 Å². The highest BCUT2D eigenvalue weighted by Gasteiger charge is 2.27. The number of rotatable bonds is 5. The number of primary amides is 1. The maximum atomic E-state index is 12.1. The van der Waals surface area contributed by atoms with E-state index in [1.165, 1.54) is 0 Å². The van der Waals surface area contributed by atoms with Gasteiger partial charge in [0.15, 0.2) is 6.10 Å². The van der Waals surface area contributed by atoms with E-state index in [0.717, 1.165) is 5.56 Å². The van der Waals surface area contributed by atoms with Crippen LogP contribution < -0.4 is 11.1 Å². The molecule has 0 aliphatic heterocycles. The van der Waals surface area contributed by atoms with Crippen molar-refractivity contribution in [2.24, 2.45) is 11.1 Å². The van der Waals surface area contributed by atoms with Gasteiger partial charge in [-0.25, -0.2) is 4.79 Å². The lowest BCUT2D eigenvalue weighted by atomic mass is 9.89. The largest absolute Gasteiger partial charge is 0.436 e. The molecule has 0 heterocycles. The van der Waals surface area contributed by atoms with Gasteiger partial charge in [0.2, 0.25) is 0 Å². The lowest BCUT2D eigenvalue weighted by molar-refractivity contribution is -0.131. The van der Waals surface area contributed by atoms with Crippen LogP contribution in [-0.2, 0) is 16.1 Å². The first kappa shape index (κ1) is 16.0. The van der Waals surface area contributed by atoms with Gasteiger partial charge < -0.3 is 15.8 Å². The summed E-state index contributed by atoms with van der Waals surface area (Å²) in [5.41, 5.74) is 5.85. The van der Waals surface area contributed by atoms with Gasteiger partial charge in [-0.2, -0.15) is 0 Å². The highest BCUT2D eigenvalue weighted by Crippen LogP contribution is 2.22. The zero-order chi connectivity index (χ0) is 15.2. The highest BCUT2D eigenvalue weighted by molar-refractivity contribution is 5.83. The Morgan fingerprint density at radius 2 is 1.85 bits per heavy atom. The average molecular weight is 278 g/mol. The summed E-state index contributed by atoms with van der Waals surface area (Å²) in [4.78, 5) is 23.0. The molecule has 1 aromatic rings. The Labute approximate surface area is 119 Å². The Morgan fingerprint density at radius 1 is 1.25 bits per heavy atom. The van der Waals surface area contributed by atoms with Crippen LogP contribution >= 0.6 is 0 Å². The molecule has 0 aliphatic rings. The summed E-state index contributed by atoms with van der Waals surface area (Å²) >= 11 is 0. The Kier molecular flexibility index (Phi) is 5.55. The molecular weight excluding hydrogens is 256 g/mol. The molecule has 110 valence electrons. The normalized spacial score (nSPS) is 12.6. The van der Waals surface area contributed by atoms with Crippen molar-refractivity contribution in [2.75, 3.05) is 0 Å². The molecule has 0 aromatic heterocycles. The number of hydrogen-bond donors (Lipinski definition) is 2. The first-order valence-electron chi connectivity index (χ1n) is 6.56. The van der Waals surface area contributed by atoms with Crippen LogP contribution in [0.3, 0.4) is 0 Å². The van der Waals surface area contributed by atoms with Gasteiger partial charge in [0, 0.05) is 6.54 Å². The first-order chi connectivity index (χ1) is 9.28. The molecule has 1 atom stereocenters. The number of nitrogens with one attached hydrogen (secondary N) is 1. The number of benzene rings is 1. The zero-order valence-electron chi connectivity index (χ0n) is 12.2. The molecule has 0 spiro atoms. The fourth-order valence-electron chi connectivity index (χ4n) is 1.78. The molecule has 1 aromatic carbocycles. The van der Waals surface area contributed by atoms with Crippen LogP contribution in [0.2, 0.25) is 0 Å². The Balaban J connectivity index is 2.61. The van der Waals surface area contributed by atoms with Gasteiger partial charge in [0.25, 0.3) is 5.91 Å². The van der Waals surface area contributed by atoms with Crippen LogP contribution in [-0.4, -0.2) is 18.1 Å². The third-order valence-corrected chi connectivity index (χ3v) is 2.66. The number of hydrogen-bond acceptors (Lipinski definition) is 3. The molecule has 0 aliphatic carbocycles. The lowest BCUT2D eigenvalue weighted by Crippen LogP contribution is -2.40. The molecule has 1 rings (SSSR count). The minimum atomic E-state index is -0.936. The second-order valence-corrected chi connectivity index (χ2v) is 5.89. The van der Waals surface area contributed by atoms with Crippen molar-refractivity contribution in [3.8, 4) is 0 Å². The van der Waals surface area contributed by atoms with E-state index in [4.69, 9.17) is 10.5 Å². The minimum Gasteiger partial charge on any atom is -0.436 e. The van der Waals surface area contributed by atoms with Crippen molar-refractivity contribution in [3.63, 3.8) is 0 Å². The molecule has 0 bridgehead atoms. The van der Waals surface area contributed by atoms with Crippen molar-refractivity contribution in [1.82, 2.24) is 5.32 Å². The van der Waals surface area contributed by atoms with Crippen LogP contribution in [0.1, 0.15) is 32.8 Å². The average Bonchev–Trinajstić information content (AvgIpc) is 2.34. The van der Waals surface area contributed by atoms with E-state index in [2.05, 4.69) is 5.32 Å². The summed E-state index contributed by atoms with van der Waals surface area (Å²) in [7, 11) is 0. The van der Waals surface area contributed by atoms with Gasteiger partial charge in [0.05, 0.1) is 0 Å². The van der Waals surface area contributed by atoms with Crippen molar-refractivity contribution in [2.45, 2.75) is 39.8 Å². The maximum Gasteiger partial charge on any atom is 0.405 e. The lowest BCUT2D eigenvalue weighted by Gasteiger charge is -2.24. The number of carbonyl (C=O) groups excluding carboxylic acids is 2. The van der Waals surface area contributed by atoms with E-state index in [9.17, 15) is 9.59 Å². The van der Waals surface area contributed by atoms with Gasteiger partial charge in [-0.05, 0) is 17.4 Å². The van der Waals surface area contributed by atoms with E-state index < -0.39 is 12.2 Å². The van der Waals surface area contributed by atoms with Gasteiger partial charge in [-0.3, -0.25) is 4.79 Å². The van der Waals surface area contributed by atoms with Crippen molar-refractivity contribution >= 4 is 12.0 Å². The molecule has 0 unspecified atom stereocenters. The summed E-state index contributed by atoms with van der Waals surface area (Å²) in [6, 6.07) is 9.52. The molecule has 0 saturated heterocycles. The Morgan fingerprint density at radius 3 is 2.35 bits per heavy atom. The van der Waals surface area contributed by atoms with Crippen LogP contribution in [0.25, 0.3) is 0 Å². The molecule has 2 amide bonds. The molecule has 5 nitrogen and oxygen atoms in total. The van der Waals surface area contributed by atoms with Crippen LogP contribution in [0.15, 0.2) is 30.3 Å². The predicted octanol–water partition coefficient (Wildman–Crippen LogP) is 2.20. The number of carbonyl (C=O) groups is 2. The Bertz CT molecular complexity index is 452. The fraction of sp³-hybridized carbons (Fsp3) is 0.467. The SMILES string of the molecule is CC(C)(C)C[C@@H](OC(N)=O)C(=O)NCc1ccccc1. The standard InChI is InChI=1S/C15H22N2O3/c1-15(2,3)9-12(20-14(16)19)13(18)17-10-11-7-5-4-6-8-11/h4-8,12H,9-10H2,1-3H3,(H2,16,19)(H,17,18)/t12-/m1/s1. The minimum absolute atomic E-state index is 0.149. The van der Waals surface area contributed by atoms with Crippen LogP contribution in [0, 0.1) is 5.41 Å². The first-order valence-corrected chi connectivity index (χ1v) is 6.56. The van der Waals surface area contributed by atoms with Gasteiger partial charge >= 0.3 is 6.09 Å². The smallest absolute Gasteiger partial charge is 0.405 e. The Hall–Kier alpha value is -2.04. The number of amides is 2. The monoisotopic (exact) mass is 278 g/mol. The summed E-state index contributed by atoms with van der Waals surface area (Å²) in [5.74, 6) is -0.331. The quantitative estimate of drug-likeness (QED) is 0.866. The summed E-state index contributed by atoms with van der Waals surface area (Å²) in [5, 5.41) is 2.76. The van der Waals surface area contributed by atoms with E-state index in [1.807, 2.05) is 51.1 Å². The molecule has 0 fully saturated rings. The van der Waals surface area contributed by atoms with Gasteiger partial charge in [0.1, 0.15) is 0 Å². The molecular formula is C15H22N2O3. The summed E-state index contributed by atoms with van der Waals surface area (Å²) in [6.07, 6.45) is -1.39. The number of nitrogens with two attached hydrogens (primary N) is 1. The molecule has 20 heavy (non-hydrogen) atoms. The highest BCUT2D eigenvalue weighted by atomic mass is 16.6. The van der Waals surface area contributed by atoms with Crippen molar-refractivity contribution < 1.29 is 14.3 Å². The fourth-order valence-corrected chi connectivity index (χ4v) is 1.78. The van der Waals surface area contributed by atoms with E-state index in [-0.39, 0.29) is 11.3 Å². The van der Waals surface area contributed by atoms with Crippen molar-refractivity contribution in [3.05, 3.63) is 35.9 Å². The van der Waals surface area contributed by atoms with Gasteiger partial charge in [-0.15, -0.1) is 0 Å². The van der Waals surface area contributed by atoms with E-state index in [0.29, 0.717) is 13.0 Å². The van der Waals surface area contributed by atoms with Crippen molar-refractivity contribution in [1.29, 1.82) is 0 Å². The summed E-state index contributed by atoms with van der Waals surface area (Å²) in [6.45, 7) is 6.29. The van der Waals surface area contributed by atoms with E-state index >= 15 is 0 Å². The van der Waals surface area contributed by atoms with Crippen LogP contribution in [0.4, 0.5) is 4.79 Å². The van der Waals surface area contributed by atoms with E-state index in [1.54, 1.807) is 0 Å². The molecule has 0 saturated carbocycles. The summed E-state index contributed by atoms with van der Waals surface area (Å²) < 4.78 is 4.90. The zero-order valence-corrected chi connectivity index (χ0v) is 12.2.